The maximum atomic E-state index is 12.3. The summed E-state index contributed by atoms with van der Waals surface area (Å²) in [5.41, 5.74) is 0. The number of halogens is 4. The van der Waals surface area contributed by atoms with Crippen LogP contribution in [0, 0.1) is 0 Å². The number of hydrogen-bond donors (Lipinski definition) is 0. The van der Waals surface area contributed by atoms with Crippen molar-refractivity contribution < 1.29 is 22.7 Å². The number of carbonyl (C=O) groups is 1. The van der Waals surface area contributed by atoms with E-state index in [1.165, 1.54) is 0 Å². The van der Waals surface area contributed by atoms with Crippen LogP contribution in [0.1, 0.15) is 25.7 Å². The van der Waals surface area contributed by atoms with Gasteiger partial charge in [0.25, 0.3) is 0 Å². The van der Waals surface area contributed by atoms with Crippen molar-refractivity contribution in [2.75, 3.05) is 25.0 Å². The molecule has 0 saturated carbocycles. The van der Waals surface area contributed by atoms with Crippen LogP contribution < -0.4 is 0 Å². The third-order valence-corrected chi connectivity index (χ3v) is 3.14. The van der Waals surface area contributed by atoms with Crippen LogP contribution in [0.2, 0.25) is 0 Å². The number of nitrogens with zero attached hydrogens (tertiary/aromatic N) is 1. The van der Waals surface area contributed by atoms with E-state index in [2.05, 4.69) is 15.9 Å². The zero-order valence-corrected chi connectivity index (χ0v) is 11.6. The van der Waals surface area contributed by atoms with Gasteiger partial charge in [0.15, 0.2) is 0 Å². The van der Waals surface area contributed by atoms with Gasteiger partial charge in [-0.1, -0.05) is 15.9 Å². The molecule has 0 aromatic rings. The summed E-state index contributed by atoms with van der Waals surface area (Å²) >= 11 is 3.06. The molecule has 0 bridgehead atoms. The molecular formula is C11H17BrF3NO2. The van der Waals surface area contributed by atoms with Gasteiger partial charge in [-0.25, -0.2) is 0 Å². The molecule has 18 heavy (non-hydrogen) atoms. The Morgan fingerprint density at radius 2 is 2.17 bits per heavy atom. The Morgan fingerprint density at radius 1 is 1.44 bits per heavy atom. The summed E-state index contributed by atoms with van der Waals surface area (Å²) in [6.45, 7) is -0.417. The van der Waals surface area contributed by atoms with Crippen LogP contribution in [0.5, 0.6) is 0 Å². The quantitative estimate of drug-likeness (QED) is 0.700. The van der Waals surface area contributed by atoms with E-state index >= 15 is 0 Å². The van der Waals surface area contributed by atoms with E-state index in [4.69, 9.17) is 4.74 Å². The maximum absolute atomic E-state index is 12.3. The topological polar surface area (TPSA) is 29.5 Å². The molecule has 1 rings (SSSR count). The Kier molecular flexibility index (Phi) is 6.42. The zero-order valence-electron chi connectivity index (χ0n) is 10.0. The summed E-state index contributed by atoms with van der Waals surface area (Å²) < 4.78 is 42.2. The molecule has 1 aliphatic rings. The SMILES string of the molecule is O=C(CCC1CCCO1)N(CCBr)CC(F)(F)F. The van der Waals surface area contributed by atoms with E-state index in [1.54, 1.807) is 0 Å². The molecule has 0 spiro atoms. The monoisotopic (exact) mass is 331 g/mol. The number of carbonyl (C=O) groups excluding carboxylic acids is 1. The van der Waals surface area contributed by atoms with Crippen LogP contribution in [-0.2, 0) is 9.53 Å². The zero-order chi connectivity index (χ0) is 13.6. The van der Waals surface area contributed by atoms with Crippen LogP contribution in [-0.4, -0.2) is 48.1 Å². The van der Waals surface area contributed by atoms with Gasteiger partial charge >= 0.3 is 6.18 Å². The Balaban J connectivity index is 2.38. The van der Waals surface area contributed by atoms with Gasteiger partial charge < -0.3 is 9.64 Å². The van der Waals surface area contributed by atoms with E-state index in [0.717, 1.165) is 17.7 Å². The molecule has 106 valence electrons. The van der Waals surface area contributed by atoms with Gasteiger partial charge in [0.05, 0.1) is 6.10 Å². The van der Waals surface area contributed by atoms with Crippen LogP contribution in [0.15, 0.2) is 0 Å². The van der Waals surface area contributed by atoms with Gasteiger partial charge in [-0.2, -0.15) is 13.2 Å². The van der Waals surface area contributed by atoms with E-state index in [1.807, 2.05) is 0 Å². The van der Waals surface area contributed by atoms with Crippen molar-refractivity contribution >= 4 is 21.8 Å². The van der Waals surface area contributed by atoms with Gasteiger partial charge in [0, 0.05) is 24.9 Å². The average Bonchev–Trinajstić information content (AvgIpc) is 2.76. The van der Waals surface area contributed by atoms with Crippen molar-refractivity contribution in [3.8, 4) is 0 Å². The molecule has 1 fully saturated rings. The number of rotatable bonds is 6. The third kappa shape index (κ3) is 6.04. The first-order chi connectivity index (χ1) is 8.42. The van der Waals surface area contributed by atoms with E-state index in [9.17, 15) is 18.0 Å². The summed E-state index contributed by atoms with van der Waals surface area (Å²) in [4.78, 5) is 12.6. The van der Waals surface area contributed by atoms with Gasteiger partial charge in [-0.05, 0) is 19.3 Å². The lowest BCUT2D eigenvalue weighted by Crippen LogP contribution is -2.40. The molecule has 1 aliphatic heterocycles. The Bertz CT molecular complexity index is 268. The van der Waals surface area contributed by atoms with Crippen molar-refractivity contribution in [3.05, 3.63) is 0 Å². The van der Waals surface area contributed by atoms with Crippen molar-refractivity contribution in [1.82, 2.24) is 4.90 Å². The van der Waals surface area contributed by atoms with Crippen LogP contribution >= 0.6 is 15.9 Å². The van der Waals surface area contributed by atoms with Crippen LogP contribution in [0.4, 0.5) is 13.2 Å². The fraction of sp³-hybridized carbons (Fsp3) is 0.909. The van der Waals surface area contributed by atoms with Crippen molar-refractivity contribution in [1.29, 1.82) is 0 Å². The molecule has 1 saturated heterocycles. The molecule has 0 aromatic carbocycles. The second-order valence-corrected chi connectivity index (χ2v) is 5.09. The minimum absolute atomic E-state index is 0.0330. The fourth-order valence-electron chi connectivity index (χ4n) is 1.92. The van der Waals surface area contributed by atoms with Crippen molar-refractivity contribution in [3.63, 3.8) is 0 Å². The summed E-state index contributed by atoms with van der Waals surface area (Å²) in [7, 11) is 0. The molecule has 1 atom stereocenters. The lowest BCUT2D eigenvalue weighted by Gasteiger charge is -2.23. The van der Waals surface area contributed by atoms with Gasteiger partial charge in [-0.3, -0.25) is 4.79 Å². The first kappa shape index (κ1) is 15.8. The van der Waals surface area contributed by atoms with E-state index in [-0.39, 0.29) is 19.1 Å². The van der Waals surface area contributed by atoms with Crippen LogP contribution in [0.3, 0.4) is 0 Å². The van der Waals surface area contributed by atoms with Crippen molar-refractivity contribution in [2.24, 2.45) is 0 Å². The lowest BCUT2D eigenvalue weighted by molar-refractivity contribution is -0.160. The fourth-order valence-corrected chi connectivity index (χ4v) is 2.35. The van der Waals surface area contributed by atoms with Gasteiger partial charge in [-0.15, -0.1) is 0 Å². The van der Waals surface area contributed by atoms with Gasteiger partial charge in [0.1, 0.15) is 6.54 Å². The van der Waals surface area contributed by atoms with Gasteiger partial charge in [0.2, 0.25) is 5.91 Å². The largest absolute Gasteiger partial charge is 0.406 e. The minimum atomic E-state index is -4.35. The molecular weight excluding hydrogens is 315 g/mol. The van der Waals surface area contributed by atoms with E-state index in [0.29, 0.717) is 18.4 Å². The molecule has 0 radical (unpaired) electrons. The Hall–Kier alpha value is -0.300. The first-order valence-electron chi connectivity index (χ1n) is 5.94. The first-order valence-corrected chi connectivity index (χ1v) is 7.06. The number of ether oxygens (including phenoxy) is 1. The predicted molar refractivity (Wildman–Crippen MR) is 64.6 cm³/mol. The molecule has 0 aliphatic carbocycles. The molecule has 0 aromatic heterocycles. The molecule has 1 heterocycles. The molecule has 0 N–H and O–H groups in total. The summed E-state index contributed by atoms with van der Waals surface area (Å²) in [6.07, 6.45) is -1.83. The van der Waals surface area contributed by atoms with Crippen LogP contribution in [0.25, 0.3) is 0 Å². The number of alkyl halides is 4. The lowest BCUT2D eigenvalue weighted by atomic mass is 10.1. The highest BCUT2D eigenvalue weighted by atomic mass is 79.9. The van der Waals surface area contributed by atoms with Crippen molar-refractivity contribution in [2.45, 2.75) is 38.0 Å². The highest BCUT2D eigenvalue weighted by Gasteiger charge is 2.32. The van der Waals surface area contributed by atoms with E-state index < -0.39 is 18.6 Å². The predicted octanol–water partition coefficient (Wildman–Crippen LogP) is 2.73. The molecule has 3 nitrogen and oxygen atoms in total. The molecule has 1 unspecified atom stereocenters. The third-order valence-electron chi connectivity index (χ3n) is 2.78. The molecule has 1 amide bonds. The normalized spacial score (nSPS) is 20.1. The Morgan fingerprint density at radius 3 is 2.67 bits per heavy atom. The second-order valence-electron chi connectivity index (χ2n) is 4.29. The highest BCUT2D eigenvalue weighted by Crippen LogP contribution is 2.20. The minimum Gasteiger partial charge on any atom is -0.378 e. The second kappa shape index (κ2) is 7.33. The maximum Gasteiger partial charge on any atom is 0.406 e. The Labute approximate surface area is 113 Å². The highest BCUT2D eigenvalue weighted by molar-refractivity contribution is 9.09. The summed E-state index contributed by atoms with van der Waals surface area (Å²) in [5, 5.41) is 0.342. The summed E-state index contributed by atoms with van der Waals surface area (Å²) in [6, 6.07) is 0. The molecule has 7 heteroatoms. The summed E-state index contributed by atoms with van der Waals surface area (Å²) in [5.74, 6) is -0.456. The smallest absolute Gasteiger partial charge is 0.378 e. The number of amides is 1. The standard InChI is InChI=1S/C11H17BrF3NO2/c12-5-6-16(8-11(13,14)15)10(17)4-3-9-2-1-7-18-9/h9H,1-8H2. The number of hydrogen-bond acceptors (Lipinski definition) is 2. The average molecular weight is 332 g/mol.